The minimum atomic E-state index is -3.47. The maximum Gasteiger partial charge on any atom is 0.277 e. The van der Waals surface area contributed by atoms with Crippen LogP contribution in [-0.4, -0.2) is 31.7 Å². The van der Waals surface area contributed by atoms with Crippen molar-refractivity contribution in [3.8, 4) is 0 Å². The fourth-order valence-corrected chi connectivity index (χ4v) is 3.91. The van der Waals surface area contributed by atoms with Crippen LogP contribution in [0.3, 0.4) is 0 Å². The van der Waals surface area contributed by atoms with E-state index < -0.39 is 15.7 Å². The average molecular weight is 262 g/mol. The largest absolute Gasteiger partial charge is 0.394 e. The van der Waals surface area contributed by atoms with Gasteiger partial charge in [-0.05, 0) is 44.4 Å². The molecule has 0 aromatic carbocycles. The maximum atomic E-state index is 11.9. The summed E-state index contributed by atoms with van der Waals surface area (Å²) < 4.78 is 29.0. The number of hydrogen-bond donors (Lipinski definition) is 3. The van der Waals surface area contributed by atoms with E-state index in [-0.39, 0.29) is 12.6 Å². The summed E-state index contributed by atoms with van der Waals surface area (Å²) in [7, 11) is -3.47. The third-order valence-corrected chi connectivity index (χ3v) is 5.13. The monoisotopic (exact) mass is 262 g/mol. The quantitative estimate of drug-likeness (QED) is 0.675. The smallest absolute Gasteiger partial charge is 0.277 e. The minimum absolute atomic E-state index is 0.103. The van der Waals surface area contributed by atoms with Crippen molar-refractivity contribution in [3.63, 3.8) is 0 Å². The van der Waals surface area contributed by atoms with Crippen LogP contribution in [0, 0.1) is 5.92 Å². The molecule has 5 nitrogen and oxygen atoms in total. The first-order valence-electron chi connectivity index (χ1n) is 6.37. The predicted molar refractivity (Wildman–Crippen MR) is 65.7 cm³/mol. The molecule has 0 heterocycles. The Morgan fingerprint density at radius 2 is 1.82 bits per heavy atom. The first-order valence-corrected chi connectivity index (χ1v) is 7.85. The average Bonchev–Trinajstić information content (AvgIpc) is 3.04. The highest BCUT2D eigenvalue weighted by molar-refractivity contribution is 7.87. The van der Waals surface area contributed by atoms with Gasteiger partial charge in [0.1, 0.15) is 0 Å². The van der Waals surface area contributed by atoms with Crippen LogP contribution in [0.2, 0.25) is 0 Å². The number of aliphatic hydroxyl groups is 1. The van der Waals surface area contributed by atoms with Crippen LogP contribution in [0.15, 0.2) is 0 Å². The van der Waals surface area contributed by atoms with Crippen LogP contribution in [0.25, 0.3) is 0 Å². The van der Waals surface area contributed by atoms with E-state index in [0.717, 1.165) is 38.5 Å². The zero-order chi connectivity index (χ0) is 12.5. The van der Waals surface area contributed by atoms with Crippen molar-refractivity contribution in [1.29, 1.82) is 0 Å². The van der Waals surface area contributed by atoms with Crippen molar-refractivity contribution in [2.75, 3.05) is 6.61 Å². The molecule has 0 aromatic heterocycles. The molecule has 0 saturated heterocycles. The van der Waals surface area contributed by atoms with Crippen LogP contribution in [0.5, 0.6) is 0 Å². The first kappa shape index (κ1) is 13.3. The molecule has 0 bridgehead atoms. The molecule has 0 aliphatic heterocycles. The SMILES string of the molecule is CC1CCC(CO)(NS(=O)(=O)NC2CC2)CC1. The molecule has 2 saturated carbocycles. The molecule has 0 radical (unpaired) electrons. The van der Waals surface area contributed by atoms with Crippen molar-refractivity contribution in [1.82, 2.24) is 9.44 Å². The highest BCUT2D eigenvalue weighted by Gasteiger charge is 2.38. The Morgan fingerprint density at radius 1 is 1.24 bits per heavy atom. The molecule has 100 valence electrons. The van der Waals surface area contributed by atoms with Gasteiger partial charge in [0.05, 0.1) is 12.1 Å². The van der Waals surface area contributed by atoms with Crippen molar-refractivity contribution < 1.29 is 13.5 Å². The topological polar surface area (TPSA) is 78.4 Å². The van der Waals surface area contributed by atoms with Gasteiger partial charge in [-0.25, -0.2) is 0 Å². The lowest BCUT2D eigenvalue weighted by Gasteiger charge is -2.38. The summed E-state index contributed by atoms with van der Waals surface area (Å²) in [5.41, 5.74) is -0.646. The summed E-state index contributed by atoms with van der Waals surface area (Å²) in [6.07, 6.45) is 5.21. The van der Waals surface area contributed by atoms with E-state index in [1.54, 1.807) is 0 Å². The molecule has 17 heavy (non-hydrogen) atoms. The summed E-state index contributed by atoms with van der Waals surface area (Å²) in [6, 6.07) is 0.103. The van der Waals surface area contributed by atoms with E-state index in [1.165, 1.54) is 0 Å². The highest BCUT2D eigenvalue weighted by Crippen LogP contribution is 2.32. The van der Waals surface area contributed by atoms with Gasteiger partial charge in [-0.3, -0.25) is 0 Å². The van der Waals surface area contributed by atoms with Gasteiger partial charge in [-0.15, -0.1) is 0 Å². The highest BCUT2D eigenvalue weighted by atomic mass is 32.2. The molecule has 0 amide bonds. The van der Waals surface area contributed by atoms with Gasteiger partial charge in [0.15, 0.2) is 0 Å². The second-order valence-corrected chi connectivity index (χ2v) is 7.07. The van der Waals surface area contributed by atoms with E-state index in [2.05, 4.69) is 16.4 Å². The van der Waals surface area contributed by atoms with Crippen molar-refractivity contribution in [2.45, 2.75) is 57.0 Å². The molecular formula is C11H22N2O3S. The molecule has 0 unspecified atom stereocenters. The Morgan fingerprint density at radius 3 is 2.29 bits per heavy atom. The lowest BCUT2D eigenvalue weighted by Crippen LogP contribution is -2.56. The van der Waals surface area contributed by atoms with Crippen LogP contribution < -0.4 is 9.44 Å². The molecule has 2 aliphatic rings. The molecule has 2 rings (SSSR count). The Kier molecular flexibility index (Phi) is 3.77. The number of aliphatic hydroxyl groups excluding tert-OH is 1. The van der Waals surface area contributed by atoms with Gasteiger partial charge in [0.25, 0.3) is 10.2 Å². The lowest BCUT2D eigenvalue weighted by atomic mass is 9.78. The summed E-state index contributed by atoms with van der Waals surface area (Å²) in [6.45, 7) is 2.05. The summed E-state index contributed by atoms with van der Waals surface area (Å²) in [5.74, 6) is 0.621. The van der Waals surface area contributed by atoms with E-state index >= 15 is 0 Å². The Balaban J connectivity index is 1.98. The molecule has 2 aliphatic carbocycles. The number of hydrogen-bond acceptors (Lipinski definition) is 3. The van der Waals surface area contributed by atoms with Crippen molar-refractivity contribution in [3.05, 3.63) is 0 Å². The maximum absolute atomic E-state index is 11.9. The Hall–Kier alpha value is -0.170. The normalized spacial score (nSPS) is 34.8. The summed E-state index contributed by atoms with van der Waals surface area (Å²) in [5, 5.41) is 9.49. The third kappa shape index (κ3) is 3.64. The van der Waals surface area contributed by atoms with Gasteiger partial charge in [0.2, 0.25) is 0 Å². The van der Waals surface area contributed by atoms with Gasteiger partial charge in [-0.1, -0.05) is 6.92 Å². The first-order chi connectivity index (χ1) is 7.95. The van der Waals surface area contributed by atoms with E-state index in [0.29, 0.717) is 5.92 Å². The second-order valence-electron chi connectivity index (χ2n) is 5.62. The van der Waals surface area contributed by atoms with Crippen molar-refractivity contribution in [2.24, 2.45) is 5.92 Å². The molecule has 0 spiro atoms. The molecule has 0 aromatic rings. The number of rotatable bonds is 5. The van der Waals surface area contributed by atoms with Crippen LogP contribution in [-0.2, 0) is 10.2 Å². The standard InChI is InChI=1S/C11H22N2O3S/c1-9-4-6-11(8-14,7-5-9)13-17(15,16)12-10-2-3-10/h9-10,12-14H,2-8H2,1H3. The third-order valence-electron chi connectivity index (χ3n) is 3.78. The van der Waals surface area contributed by atoms with E-state index in [4.69, 9.17) is 0 Å². The van der Waals surface area contributed by atoms with Crippen molar-refractivity contribution >= 4 is 10.2 Å². The Bertz CT molecular complexity index is 357. The Labute approximate surface area is 103 Å². The minimum Gasteiger partial charge on any atom is -0.394 e. The fourth-order valence-electron chi connectivity index (χ4n) is 2.34. The fraction of sp³-hybridized carbons (Fsp3) is 1.00. The molecule has 2 fully saturated rings. The number of nitrogens with one attached hydrogen (secondary N) is 2. The van der Waals surface area contributed by atoms with Gasteiger partial charge < -0.3 is 5.11 Å². The van der Waals surface area contributed by atoms with E-state index in [1.807, 2.05) is 0 Å². The molecule has 0 atom stereocenters. The second kappa shape index (κ2) is 4.84. The molecule has 3 N–H and O–H groups in total. The molecular weight excluding hydrogens is 240 g/mol. The van der Waals surface area contributed by atoms with Gasteiger partial charge in [-0.2, -0.15) is 17.9 Å². The lowest BCUT2D eigenvalue weighted by molar-refractivity contribution is 0.125. The molecule has 6 heteroatoms. The zero-order valence-corrected chi connectivity index (χ0v) is 11.1. The van der Waals surface area contributed by atoms with Crippen LogP contribution >= 0.6 is 0 Å². The van der Waals surface area contributed by atoms with Gasteiger partial charge in [0, 0.05) is 6.04 Å². The van der Waals surface area contributed by atoms with Crippen LogP contribution in [0.4, 0.5) is 0 Å². The van der Waals surface area contributed by atoms with Gasteiger partial charge >= 0.3 is 0 Å². The zero-order valence-electron chi connectivity index (χ0n) is 10.3. The summed E-state index contributed by atoms with van der Waals surface area (Å²) in [4.78, 5) is 0. The summed E-state index contributed by atoms with van der Waals surface area (Å²) >= 11 is 0. The van der Waals surface area contributed by atoms with Crippen LogP contribution in [0.1, 0.15) is 45.4 Å². The van der Waals surface area contributed by atoms with E-state index in [9.17, 15) is 13.5 Å². The predicted octanol–water partition coefficient (Wildman–Crippen LogP) is 0.514.